The van der Waals surface area contributed by atoms with Gasteiger partial charge in [0.2, 0.25) is 5.91 Å². The fourth-order valence-electron chi connectivity index (χ4n) is 3.48. The van der Waals surface area contributed by atoms with Crippen LogP contribution < -0.4 is 0 Å². The lowest BCUT2D eigenvalue weighted by molar-refractivity contribution is -0.127. The van der Waals surface area contributed by atoms with Gasteiger partial charge >= 0.3 is 0 Å². The lowest BCUT2D eigenvalue weighted by atomic mass is 9.83. The molecule has 1 aromatic heterocycles. The Labute approximate surface area is 102 Å². The largest absolute Gasteiger partial charge is 0.351 e. The number of carbonyl (C=O) groups excluding carboxylic acids is 1. The zero-order valence-electron chi connectivity index (χ0n) is 10.4. The highest BCUT2D eigenvalue weighted by Crippen LogP contribution is 2.38. The highest BCUT2D eigenvalue weighted by Gasteiger charge is 2.33. The molecule has 0 N–H and O–H groups in total. The third-order valence-corrected chi connectivity index (χ3v) is 4.40. The SMILES string of the molecule is CC(=O)N1CCC(C2CCCn3cccc32)C1. The van der Waals surface area contributed by atoms with Crippen molar-refractivity contribution < 1.29 is 4.79 Å². The number of carbonyl (C=O) groups is 1. The van der Waals surface area contributed by atoms with Gasteiger partial charge in [0.15, 0.2) is 0 Å². The molecule has 1 amide bonds. The Balaban J connectivity index is 1.77. The minimum absolute atomic E-state index is 0.235. The maximum atomic E-state index is 11.4. The van der Waals surface area contributed by atoms with Gasteiger partial charge in [0.25, 0.3) is 0 Å². The molecular formula is C14H20N2O. The van der Waals surface area contributed by atoms with Crippen LogP contribution in [0.25, 0.3) is 0 Å². The second kappa shape index (κ2) is 4.21. The van der Waals surface area contributed by atoms with E-state index < -0.39 is 0 Å². The molecule has 2 aliphatic rings. The van der Waals surface area contributed by atoms with Crippen molar-refractivity contribution in [3.8, 4) is 0 Å². The second-order valence-corrected chi connectivity index (χ2v) is 5.39. The Morgan fingerprint density at radius 2 is 2.24 bits per heavy atom. The van der Waals surface area contributed by atoms with Crippen LogP contribution in [0.3, 0.4) is 0 Å². The van der Waals surface area contributed by atoms with Crippen LogP contribution in [0.1, 0.15) is 37.8 Å². The van der Waals surface area contributed by atoms with Crippen LogP contribution in [0, 0.1) is 5.92 Å². The first-order chi connectivity index (χ1) is 8.25. The van der Waals surface area contributed by atoms with Gasteiger partial charge in [-0.3, -0.25) is 4.79 Å². The highest BCUT2D eigenvalue weighted by atomic mass is 16.2. The van der Waals surface area contributed by atoms with Crippen LogP contribution in [-0.4, -0.2) is 28.5 Å². The van der Waals surface area contributed by atoms with Crippen molar-refractivity contribution in [2.45, 2.75) is 38.6 Å². The van der Waals surface area contributed by atoms with Gasteiger partial charge in [-0.15, -0.1) is 0 Å². The average molecular weight is 232 g/mol. The molecular weight excluding hydrogens is 212 g/mol. The third-order valence-electron chi connectivity index (χ3n) is 4.40. The Hall–Kier alpha value is -1.25. The molecule has 2 aliphatic heterocycles. The van der Waals surface area contributed by atoms with E-state index in [1.807, 2.05) is 4.90 Å². The first-order valence-electron chi connectivity index (χ1n) is 6.66. The third kappa shape index (κ3) is 1.88. The number of nitrogens with zero attached hydrogens (tertiary/aromatic N) is 2. The molecule has 0 aromatic carbocycles. The quantitative estimate of drug-likeness (QED) is 0.729. The summed E-state index contributed by atoms with van der Waals surface area (Å²) in [7, 11) is 0. The molecule has 0 aliphatic carbocycles. The summed E-state index contributed by atoms with van der Waals surface area (Å²) in [4.78, 5) is 13.4. The molecule has 0 spiro atoms. The number of fused-ring (bicyclic) bond motifs is 1. The minimum atomic E-state index is 0.235. The van der Waals surface area contributed by atoms with Crippen LogP contribution in [-0.2, 0) is 11.3 Å². The molecule has 1 fully saturated rings. The molecule has 0 radical (unpaired) electrons. The lowest BCUT2D eigenvalue weighted by Crippen LogP contribution is -2.28. The first-order valence-corrected chi connectivity index (χ1v) is 6.66. The van der Waals surface area contributed by atoms with Gasteiger partial charge in [-0.25, -0.2) is 0 Å². The molecule has 3 heterocycles. The Kier molecular flexibility index (Phi) is 2.69. The van der Waals surface area contributed by atoms with Gasteiger partial charge in [-0.1, -0.05) is 0 Å². The summed E-state index contributed by atoms with van der Waals surface area (Å²) in [6.07, 6.45) is 5.94. The summed E-state index contributed by atoms with van der Waals surface area (Å²) in [5, 5.41) is 0. The maximum absolute atomic E-state index is 11.4. The number of amides is 1. The van der Waals surface area contributed by atoms with Crippen LogP contribution in [0.15, 0.2) is 18.3 Å². The molecule has 0 bridgehead atoms. The van der Waals surface area contributed by atoms with Gasteiger partial charge in [-0.05, 0) is 37.3 Å². The Morgan fingerprint density at radius 3 is 3.00 bits per heavy atom. The summed E-state index contributed by atoms with van der Waals surface area (Å²) in [6.45, 7) is 4.77. The number of hydrogen-bond acceptors (Lipinski definition) is 1. The van der Waals surface area contributed by atoms with Crippen molar-refractivity contribution in [3.05, 3.63) is 24.0 Å². The lowest BCUT2D eigenvalue weighted by Gasteiger charge is -2.29. The number of aryl methyl sites for hydroxylation is 1. The van der Waals surface area contributed by atoms with E-state index in [9.17, 15) is 4.79 Å². The van der Waals surface area contributed by atoms with E-state index in [4.69, 9.17) is 0 Å². The summed E-state index contributed by atoms with van der Waals surface area (Å²) in [5.74, 6) is 1.58. The van der Waals surface area contributed by atoms with Crippen LogP contribution in [0.2, 0.25) is 0 Å². The predicted molar refractivity (Wildman–Crippen MR) is 66.8 cm³/mol. The smallest absolute Gasteiger partial charge is 0.219 e. The van der Waals surface area contributed by atoms with Crippen LogP contribution in [0.5, 0.6) is 0 Å². The van der Waals surface area contributed by atoms with Crippen molar-refractivity contribution >= 4 is 5.91 Å². The zero-order chi connectivity index (χ0) is 11.8. The standard InChI is InChI=1S/C14H20N2O/c1-11(17)16-9-6-12(10-16)13-4-2-7-15-8-3-5-14(13)15/h3,5,8,12-13H,2,4,6-7,9-10H2,1H3. The molecule has 3 heteroatoms. The van der Waals surface area contributed by atoms with Crippen LogP contribution >= 0.6 is 0 Å². The summed E-state index contributed by atoms with van der Waals surface area (Å²) in [6, 6.07) is 4.42. The monoisotopic (exact) mass is 232 g/mol. The van der Waals surface area contributed by atoms with Gasteiger partial charge in [0.05, 0.1) is 0 Å². The number of likely N-dealkylation sites (tertiary alicyclic amines) is 1. The summed E-state index contributed by atoms with van der Waals surface area (Å²) in [5.41, 5.74) is 1.49. The van der Waals surface area contributed by atoms with E-state index in [1.54, 1.807) is 6.92 Å². The molecule has 2 atom stereocenters. The van der Waals surface area contributed by atoms with Gasteiger partial charge < -0.3 is 9.47 Å². The first kappa shape index (κ1) is 10.9. The van der Waals surface area contributed by atoms with E-state index in [-0.39, 0.29) is 5.91 Å². The predicted octanol–water partition coefficient (Wildman–Crippen LogP) is 2.23. The van der Waals surface area contributed by atoms with Gasteiger partial charge in [0.1, 0.15) is 0 Å². The molecule has 2 unspecified atom stereocenters. The fraction of sp³-hybridized carbons (Fsp3) is 0.643. The van der Waals surface area contributed by atoms with Crippen molar-refractivity contribution in [2.24, 2.45) is 5.92 Å². The molecule has 1 aromatic rings. The van der Waals surface area contributed by atoms with Crippen molar-refractivity contribution in [2.75, 3.05) is 13.1 Å². The summed E-state index contributed by atoms with van der Waals surface area (Å²) >= 11 is 0. The Morgan fingerprint density at radius 1 is 1.35 bits per heavy atom. The Bertz CT molecular complexity index is 424. The van der Waals surface area contributed by atoms with E-state index in [1.165, 1.54) is 31.5 Å². The molecule has 1 saturated heterocycles. The van der Waals surface area contributed by atoms with Crippen molar-refractivity contribution in [1.82, 2.24) is 9.47 Å². The number of rotatable bonds is 1. The second-order valence-electron chi connectivity index (χ2n) is 5.39. The number of hydrogen-bond donors (Lipinski definition) is 0. The van der Waals surface area contributed by atoms with Gasteiger partial charge in [0, 0.05) is 44.4 Å². The normalized spacial score (nSPS) is 28.2. The van der Waals surface area contributed by atoms with Crippen molar-refractivity contribution in [3.63, 3.8) is 0 Å². The van der Waals surface area contributed by atoms with Crippen LogP contribution in [0.4, 0.5) is 0 Å². The molecule has 17 heavy (non-hydrogen) atoms. The van der Waals surface area contributed by atoms with E-state index in [2.05, 4.69) is 22.9 Å². The topological polar surface area (TPSA) is 25.2 Å². The molecule has 3 nitrogen and oxygen atoms in total. The molecule has 0 saturated carbocycles. The summed E-state index contributed by atoms with van der Waals surface area (Å²) < 4.78 is 2.39. The highest BCUT2D eigenvalue weighted by molar-refractivity contribution is 5.73. The van der Waals surface area contributed by atoms with E-state index in [0.29, 0.717) is 11.8 Å². The molecule has 92 valence electrons. The maximum Gasteiger partial charge on any atom is 0.219 e. The average Bonchev–Trinajstić information content (AvgIpc) is 2.97. The fourth-order valence-corrected chi connectivity index (χ4v) is 3.48. The number of aromatic nitrogens is 1. The van der Waals surface area contributed by atoms with Crippen molar-refractivity contribution in [1.29, 1.82) is 0 Å². The van der Waals surface area contributed by atoms with E-state index >= 15 is 0 Å². The van der Waals surface area contributed by atoms with E-state index in [0.717, 1.165) is 13.1 Å². The van der Waals surface area contributed by atoms with Gasteiger partial charge in [-0.2, -0.15) is 0 Å². The zero-order valence-corrected chi connectivity index (χ0v) is 10.4. The molecule has 3 rings (SSSR count). The minimum Gasteiger partial charge on any atom is -0.351 e.